The van der Waals surface area contributed by atoms with Crippen LogP contribution in [0.15, 0.2) is 32.4 Å². The number of hydrogen-bond donors (Lipinski definition) is 0. The summed E-state index contributed by atoms with van der Waals surface area (Å²) in [7, 11) is 0. The standard InChI is InChI=1S/C7H4ClNS2/c8-5-1-2-6-7(3-5)10-4-9-11-6/h1-4H. The van der Waals surface area contributed by atoms with E-state index in [2.05, 4.69) is 4.40 Å². The molecule has 0 saturated carbocycles. The Labute approximate surface area is 78.4 Å². The van der Waals surface area contributed by atoms with Crippen molar-refractivity contribution in [1.29, 1.82) is 0 Å². The molecule has 0 N–H and O–H groups in total. The molecule has 4 heteroatoms. The van der Waals surface area contributed by atoms with Crippen molar-refractivity contribution in [2.24, 2.45) is 4.40 Å². The maximum Gasteiger partial charge on any atom is 0.0732 e. The van der Waals surface area contributed by atoms with Gasteiger partial charge in [0.25, 0.3) is 0 Å². The summed E-state index contributed by atoms with van der Waals surface area (Å²) in [6.07, 6.45) is 0. The highest BCUT2D eigenvalue weighted by Crippen LogP contribution is 2.36. The fourth-order valence-corrected chi connectivity index (χ4v) is 2.53. The van der Waals surface area contributed by atoms with Gasteiger partial charge in [0, 0.05) is 26.8 Å². The van der Waals surface area contributed by atoms with E-state index < -0.39 is 0 Å². The summed E-state index contributed by atoms with van der Waals surface area (Å²) in [5.41, 5.74) is 1.82. The van der Waals surface area contributed by atoms with Gasteiger partial charge in [-0.2, -0.15) is 0 Å². The molecule has 1 heterocycles. The maximum absolute atomic E-state index is 5.81. The molecule has 0 fully saturated rings. The molecule has 0 bridgehead atoms. The van der Waals surface area contributed by atoms with Gasteiger partial charge < -0.3 is 0 Å². The van der Waals surface area contributed by atoms with Gasteiger partial charge >= 0.3 is 0 Å². The number of fused-ring (bicyclic) bond motifs is 1. The first-order valence-corrected chi connectivity index (χ1v) is 5.04. The van der Waals surface area contributed by atoms with Crippen molar-refractivity contribution >= 4 is 40.9 Å². The minimum atomic E-state index is 0.784. The predicted octanol–water partition coefficient (Wildman–Crippen LogP) is 3.48. The molecule has 1 aliphatic heterocycles. The third-order valence-corrected chi connectivity index (χ3v) is 3.34. The second kappa shape index (κ2) is 3.09. The number of rotatable bonds is 0. The third kappa shape index (κ3) is 1.55. The Morgan fingerprint density at radius 1 is 1.27 bits per heavy atom. The molecule has 0 aliphatic carbocycles. The largest absolute Gasteiger partial charge is 0.212 e. The molecule has 0 aromatic heterocycles. The molecule has 1 aromatic carbocycles. The van der Waals surface area contributed by atoms with E-state index in [1.165, 1.54) is 21.7 Å². The molecule has 11 heavy (non-hydrogen) atoms. The fourth-order valence-electron chi connectivity index (χ4n) is 0.806. The minimum Gasteiger partial charge on any atom is -0.212 e. The molecule has 2 rings (SSSR count). The zero-order chi connectivity index (χ0) is 7.68. The summed E-state index contributed by atoms with van der Waals surface area (Å²) in [5.74, 6) is 0. The normalized spacial score (nSPS) is 14.6. The maximum atomic E-state index is 5.81. The molecule has 56 valence electrons. The summed E-state index contributed by atoms with van der Waals surface area (Å²) >= 11 is 8.90. The van der Waals surface area contributed by atoms with Crippen molar-refractivity contribution in [2.45, 2.75) is 9.79 Å². The molecular formula is C7H4ClNS2. The highest BCUT2D eigenvalue weighted by molar-refractivity contribution is 8.14. The number of thioether (sulfide) groups is 1. The minimum absolute atomic E-state index is 0.784. The SMILES string of the molecule is Clc1ccc2c(c1)SC=NS2. The van der Waals surface area contributed by atoms with Crippen LogP contribution in [0.5, 0.6) is 0 Å². The average molecular weight is 202 g/mol. The first kappa shape index (κ1) is 7.53. The van der Waals surface area contributed by atoms with E-state index in [1.807, 2.05) is 23.7 Å². The zero-order valence-electron chi connectivity index (χ0n) is 5.45. The lowest BCUT2D eigenvalue weighted by atomic mass is 10.4. The van der Waals surface area contributed by atoms with Crippen LogP contribution in [0.25, 0.3) is 0 Å². The van der Waals surface area contributed by atoms with E-state index in [0.29, 0.717) is 0 Å². The van der Waals surface area contributed by atoms with E-state index in [-0.39, 0.29) is 0 Å². The Morgan fingerprint density at radius 3 is 3.09 bits per heavy atom. The second-order valence-corrected chi connectivity index (χ2v) is 4.17. The van der Waals surface area contributed by atoms with Crippen molar-refractivity contribution in [2.75, 3.05) is 0 Å². The van der Waals surface area contributed by atoms with E-state index in [9.17, 15) is 0 Å². The van der Waals surface area contributed by atoms with Crippen molar-refractivity contribution in [3.05, 3.63) is 23.2 Å². The molecule has 0 spiro atoms. The Balaban J connectivity index is 2.48. The fraction of sp³-hybridized carbons (Fsp3) is 0. The Morgan fingerprint density at radius 2 is 2.18 bits per heavy atom. The van der Waals surface area contributed by atoms with Crippen LogP contribution in [0.3, 0.4) is 0 Å². The number of hydrogen-bond acceptors (Lipinski definition) is 3. The Bertz CT molecular complexity index is 311. The predicted molar refractivity (Wildman–Crippen MR) is 51.7 cm³/mol. The molecule has 1 aliphatic rings. The topological polar surface area (TPSA) is 12.4 Å². The van der Waals surface area contributed by atoms with Gasteiger partial charge in [-0.15, -0.1) is 0 Å². The average Bonchev–Trinajstić information content (AvgIpc) is 2.04. The molecular weight excluding hydrogens is 198 g/mol. The van der Waals surface area contributed by atoms with Crippen LogP contribution in [0.1, 0.15) is 0 Å². The van der Waals surface area contributed by atoms with E-state index >= 15 is 0 Å². The van der Waals surface area contributed by atoms with Gasteiger partial charge in [-0.25, -0.2) is 4.40 Å². The van der Waals surface area contributed by atoms with Gasteiger partial charge in [0.05, 0.1) is 5.55 Å². The summed E-state index contributed by atoms with van der Waals surface area (Å²) in [4.78, 5) is 2.37. The monoisotopic (exact) mass is 201 g/mol. The van der Waals surface area contributed by atoms with Crippen LogP contribution in [0.4, 0.5) is 0 Å². The molecule has 0 saturated heterocycles. The van der Waals surface area contributed by atoms with Crippen LogP contribution >= 0.6 is 35.3 Å². The van der Waals surface area contributed by atoms with Gasteiger partial charge in [-0.1, -0.05) is 23.4 Å². The van der Waals surface area contributed by atoms with E-state index in [1.54, 1.807) is 11.8 Å². The zero-order valence-corrected chi connectivity index (χ0v) is 7.84. The van der Waals surface area contributed by atoms with Crippen LogP contribution < -0.4 is 0 Å². The van der Waals surface area contributed by atoms with Gasteiger partial charge in [0.2, 0.25) is 0 Å². The lowest BCUT2D eigenvalue weighted by Gasteiger charge is -2.07. The summed E-state index contributed by atoms with van der Waals surface area (Å²) < 4.78 is 4.06. The van der Waals surface area contributed by atoms with Crippen molar-refractivity contribution in [1.82, 2.24) is 0 Å². The van der Waals surface area contributed by atoms with Gasteiger partial charge in [0.1, 0.15) is 0 Å². The van der Waals surface area contributed by atoms with Crippen molar-refractivity contribution in [3.63, 3.8) is 0 Å². The van der Waals surface area contributed by atoms with Gasteiger partial charge in [-0.05, 0) is 18.2 Å². The van der Waals surface area contributed by atoms with Crippen LogP contribution in [-0.4, -0.2) is 5.55 Å². The molecule has 0 amide bonds. The Kier molecular flexibility index (Phi) is 2.11. The molecule has 0 unspecified atom stereocenters. The molecule has 0 atom stereocenters. The highest BCUT2D eigenvalue weighted by Gasteiger charge is 2.06. The molecule has 1 aromatic rings. The second-order valence-electron chi connectivity index (χ2n) is 2.01. The highest BCUT2D eigenvalue weighted by atomic mass is 35.5. The van der Waals surface area contributed by atoms with E-state index in [4.69, 9.17) is 11.6 Å². The quantitative estimate of drug-likeness (QED) is 0.596. The smallest absolute Gasteiger partial charge is 0.0732 e. The number of benzene rings is 1. The van der Waals surface area contributed by atoms with Crippen molar-refractivity contribution in [3.8, 4) is 0 Å². The van der Waals surface area contributed by atoms with E-state index in [0.717, 1.165) is 5.02 Å². The number of halogens is 1. The first-order valence-electron chi connectivity index (χ1n) is 3.01. The van der Waals surface area contributed by atoms with Gasteiger partial charge in [-0.3, -0.25) is 0 Å². The van der Waals surface area contributed by atoms with Crippen molar-refractivity contribution < 1.29 is 0 Å². The summed E-state index contributed by atoms with van der Waals surface area (Å²) in [6, 6.07) is 5.83. The summed E-state index contributed by atoms with van der Waals surface area (Å²) in [5, 5.41) is 0.784. The van der Waals surface area contributed by atoms with Crippen LogP contribution in [-0.2, 0) is 0 Å². The summed E-state index contributed by atoms with van der Waals surface area (Å²) in [6.45, 7) is 0. The first-order chi connectivity index (χ1) is 5.36. The van der Waals surface area contributed by atoms with Gasteiger partial charge in [0.15, 0.2) is 0 Å². The Hall–Kier alpha value is -0.120. The third-order valence-electron chi connectivity index (χ3n) is 1.28. The van der Waals surface area contributed by atoms with Crippen LogP contribution in [0, 0.1) is 0 Å². The lowest BCUT2D eigenvalue weighted by molar-refractivity contribution is 1.25. The lowest BCUT2D eigenvalue weighted by Crippen LogP contribution is -1.81. The number of nitrogens with zero attached hydrogens (tertiary/aromatic N) is 1. The molecule has 0 radical (unpaired) electrons. The van der Waals surface area contributed by atoms with Crippen LogP contribution in [0.2, 0.25) is 5.02 Å². The molecule has 1 nitrogen and oxygen atoms in total.